The fourth-order valence-electron chi connectivity index (χ4n) is 6.35. The van der Waals surface area contributed by atoms with Crippen LogP contribution in [-0.4, -0.2) is 95.5 Å². The number of carbonyl (C=O) groups excluding carboxylic acids is 2. The number of nitrogens with one attached hydrogen (secondary N) is 2. The van der Waals surface area contributed by atoms with Gasteiger partial charge in [-0.1, -0.05) is 61.8 Å². The number of rotatable bonds is 25. The van der Waals surface area contributed by atoms with Gasteiger partial charge in [0.25, 0.3) is 0 Å². The van der Waals surface area contributed by atoms with E-state index in [1.807, 2.05) is 48.5 Å². The Balaban J connectivity index is 2.44. The number of carbonyl (C=O) groups is 2. The van der Waals surface area contributed by atoms with Gasteiger partial charge in [-0.05, 0) is 49.9 Å². The number of esters is 1. The smallest absolute Gasteiger partial charge is 0.342 e. The molecular weight excluding hydrogens is 693 g/mol. The molecule has 9 atom stereocenters. The molecule has 0 saturated heterocycles. The molecule has 16 nitrogen and oxygen atoms in total. The molecule has 17 heteroatoms. The van der Waals surface area contributed by atoms with E-state index in [0.29, 0.717) is 25.7 Å². The molecule has 52 heavy (non-hydrogen) atoms. The number of hydrogen-bond acceptors (Lipinski definition) is 14. The molecule has 0 spiro atoms. The number of nitrogens with zero attached hydrogens (tertiary/aromatic N) is 3. The van der Waals surface area contributed by atoms with Crippen molar-refractivity contribution in [2.75, 3.05) is 38.9 Å². The second-order valence-corrected chi connectivity index (χ2v) is 16.3. The van der Waals surface area contributed by atoms with Gasteiger partial charge in [0, 0.05) is 25.2 Å². The summed E-state index contributed by atoms with van der Waals surface area (Å²) in [5.41, 5.74) is 10.0. The maximum Gasteiger partial charge on any atom is 0.342 e. The van der Waals surface area contributed by atoms with E-state index in [4.69, 9.17) is 30.2 Å². The second kappa shape index (κ2) is 20.7. The summed E-state index contributed by atoms with van der Waals surface area (Å²) in [5, 5.41) is 29.0. The van der Waals surface area contributed by atoms with E-state index in [1.165, 1.54) is 20.4 Å². The first-order chi connectivity index (χ1) is 24.4. The highest BCUT2D eigenvalue weighted by molar-refractivity contribution is 7.54. The van der Waals surface area contributed by atoms with Crippen molar-refractivity contribution in [2.45, 2.75) is 124 Å². The molecule has 1 aromatic heterocycles. The number of aliphatic hydroxyl groups excluding tert-OH is 1. The molecule has 0 amide bonds. The lowest BCUT2D eigenvalue weighted by molar-refractivity contribution is -0.146. The first-order valence-electron chi connectivity index (χ1n) is 18.4. The van der Waals surface area contributed by atoms with Crippen LogP contribution in [0.3, 0.4) is 0 Å². The summed E-state index contributed by atoms with van der Waals surface area (Å²) >= 11 is 0. The number of anilines is 2. The van der Waals surface area contributed by atoms with E-state index in [2.05, 4.69) is 25.1 Å². The third-order valence-electron chi connectivity index (χ3n) is 9.37. The van der Waals surface area contributed by atoms with Crippen molar-refractivity contribution in [1.29, 1.82) is 0 Å². The monoisotopic (exact) mass is 757 g/mol. The number of methoxy groups -OCH3 is 2. The van der Waals surface area contributed by atoms with Gasteiger partial charge < -0.3 is 40.4 Å². The number of aliphatic hydroxyl groups is 2. The average Bonchev–Trinajstić information content (AvgIpc) is 3.62. The summed E-state index contributed by atoms with van der Waals surface area (Å²) in [4.78, 5) is 39.3. The van der Waals surface area contributed by atoms with Crippen LogP contribution < -0.4 is 26.4 Å². The average molecular weight is 758 g/mol. The Morgan fingerprint density at radius 2 is 1.65 bits per heavy atom. The van der Waals surface area contributed by atoms with Crippen molar-refractivity contribution in [3.05, 3.63) is 0 Å². The van der Waals surface area contributed by atoms with Crippen LogP contribution in [0.4, 0.5) is 17.5 Å². The van der Waals surface area contributed by atoms with E-state index in [0.717, 1.165) is 6.42 Å². The maximum atomic E-state index is 14.9. The van der Waals surface area contributed by atoms with Gasteiger partial charge in [-0.15, -0.1) is 0 Å². The molecule has 1 aromatic rings. The Kier molecular flexibility index (Phi) is 18.1. The highest BCUT2D eigenvalue weighted by atomic mass is 31.2. The summed E-state index contributed by atoms with van der Waals surface area (Å²) in [6.07, 6.45) is 2.02. The molecule has 0 aromatic carbocycles. The Bertz CT molecular complexity index is 1380. The second-order valence-electron chi connectivity index (χ2n) is 14.5. The van der Waals surface area contributed by atoms with Gasteiger partial charge in [0.05, 0.1) is 26.4 Å². The van der Waals surface area contributed by atoms with E-state index in [1.54, 1.807) is 6.92 Å². The normalized spacial score (nSPS) is 22.9. The number of aliphatic imine (C=N–C) groups is 1. The summed E-state index contributed by atoms with van der Waals surface area (Å²) in [6.45, 7) is 15.0. The third kappa shape index (κ3) is 12.2. The van der Waals surface area contributed by atoms with Gasteiger partial charge >= 0.3 is 13.6 Å². The lowest BCUT2D eigenvalue weighted by Crippen LogP contribution is -2.48. The van der Waals surface area contributed by atoms with Gasteiger partial charge in [-0.3, -0.25) is 19.1 Å². The van der Waals surface area contributed by atoms with Gasteiger partial charge in [0.1, 0.15) is 23.9 Å². The number of ether oxygens (including phenoxy) is 3. The number of ketones is 1. The molecule has 1 aliphatic rings. The standard InChI is InChI=1S/C35H64N7O9P/c1-11-14-23(13-3)29(43)25(16-20(4)5)41-52(47,42-26(17-21(6)7)33(45)50-15-12-2)51-19-27(48-9)30(44)35(46)22(8)24(35)18-38-28-31(36)39-34(37)40-32(28)49-10/h18,20-27,30,44,46H,11-17,19H2,1-10H3,(H2,41,42,47)(H4,36,37,39,40)/t22?,23?,24?,25-,26-,27?,30?,35?,52?/m0/s1. The molecule has 1 fully saturated rings. The minimum Gasteiger partial charge on any atom is -0.479 e. The first kappa shape index (κ1) is 45.4. The minimum absolute atomic E-state index is 0.00936. The Hall–Kier alpha value is -2.72. The molecule has 8 N–H and O–H groups in total. The number of aromatic nitrogens is 2. The van der Waals surface area contributed by atoms with E-state index in [9.17, 15) is 24.4 Å². The largest absolute Gasteiger partial charge is 0.479 e. The van der Waals surface area contributed by atoms with E-state index >= 15 is 0 Å². The fourth-order valence-corrected chi connectivity index (χ4v) is 8.20. The third-order valence-corrected chi connectivity index (χ3v) is 11.2. The predicted molar refractivity (Wildman–Crippen MR) is 201 cm³/mol. The van der Waals surface area contributed by atoms with Gasteiger partial charge in [-0.2, -0.15) is 9.97 Å². The number of hydrogen-bond donors (Lipinski definition) is 6. The molecule has 1 aliphatic carbocycles. The zero-order chi connectivity index (χ0) is 39.4. The van der Waals surface area contributed by atoms with Crippen molar-refractivity contribution >= 4 is 43.1 Å². The van der Waals surface area contributed by atoms with Crippen LogP contribution in [0.1, 0.15) is 93.9 Å². The molecule has 1 saturated carbocycles. The van der Waals surface area contributed by atoms with E-state index in [-0.39, 0.29) is 59.9 Å². The van der Waals surface area contributed by atoms with Crippen LogP contribution in [0.2, 0.25) is 0 Å². The zero-order valence-corrected chi connectivity index (χ0v) is 33.5. The van der Waals surface area contributed by atoms with Crippen LogP contribution in [-0.2, 0) is 28.2 Å². The SMILES string of the molecule is CCCOC(=O)[C@H](CC(C)C)NP(=O)(N[C@@H](CC(C)C)C(=O)C(CC)CCC)OCC(OC)C(O)C1(O)C(C)C1C=Nc1c(N)nc(N)nc1OC. The zero-order valence-electron chi connectivity index (χ0n) is 32.6. The number of nitrogen functional groups attached to an aromatic ring is 2. The van der Waals surface area contributed by atoms with Crippen LogP contribution in [0, 0.1) is 29.6 Å². The van der Waals surface area contributed by atoms with Crippen LogP contribution in [0.25, 0.3) is 0 Å². The van der Waals surface area contributed by atoms with Crippen molar-refractivity contribution in [1.82, 2.24) is 20.1 Å². The molecule has 2 rings (SSSR count). The Morgan fingerprint density at radius 3 is 2.19 bits per heavy atom. The Labute approximate surface area is 309 Å². The summed E-state index contributed by atoms with van der Waals surface area (Å²) in [7, 11) is -1.57. The minimum atomic E-state index is -4.27. The Morgan fingerprint density at radius 1 is 1.04 bits per heavy atom. The van der Waals surface area contributed by atoms with Gasteiger partial charge in [0.2, 0.25) is 11.8 Å². The van der Waals surface area contributed by atoms with Crippen LogP contribution in [0.5, 0.6) is 5.88 Å². The molecule has 0 bridgehead atoms. The highest BCUT2D eigenvalue weighted by Gasteiger charge is 2.66. The topological polar surface area (TPSA) is 243 Å². The lowest BCUT2D eigenvalue weighted by Gasteiger charge is -2.33. The summed E-state index contributed by atoms with van der Waals surface area (Å²) < 4.78 is 37.2. The quantitative estimate of drug-likeness (QED) is 0.0465. The van der Waals surface area contributed by atoms with Gasteiger partial charge in [-0.25, -0.2) is 10.2 Å². The van der Waals surface area contributed by atoms with E-state index < -0.39 is 62.0 Å². The molecule has 7 unspecified atom stereocenters. The van der Waals surface area contributed by atoms with Crippen LogP contribution >= 0.6 is 7.67 Å². The molecule has 1 heterocycles. The maximum absolute atomic E-state index is 14.9. The summed E-state index contributed by atoms with van der Waals surface area (Å²) in [6, 6.07) is -1.89. The van der Waals surface area contributed by atoms with Crippen molar-refractivity contribution in [3.8, 4) is 5.88 Å². The predicted octanol–water partition coefficient (Wildman–Crippen LogP) is 4.21. The summed E-state index contributed by atoms with van der Waals surface area (Å²) in [5.74, 6) is -2.11. The van der Waals surface area contributed by atoms with Crippen molar-refractivity contribution in [2.24, 2.45) is 34.6 Å². The molecular formula is C35H64N7O9P. The lowest BCUT2D eigenvalue weighted by atomic mass is 9.88. The molecule has 0 aliphatic heterocycles. The van der Waals surface area contributed by atoms with Crippen molar-refractivity contribution < 1.29 is 43.1 Å². The number of nitrogens with two attached hydrogens (primary N) is 2. The van der Waals surface area contributed by atoms with Crippen molar-refractivity contribution in [3.63, 3.8) is 0 Å². The van der Waals surface area contributed by atoms with Crippen LogP contribution in [0.15, 0.2) is 4.99 Å². The first-order valence-corrected chi connectivity index (χ1v) is 20.0. The van der Waals surface area contributed by atoms with Gasteiger partial charge in [0.15, 0.2) is 17.3 Å². The highest BCUT2D eigenvalue weighted by Crippen LogP contribution is 2.53. The molecule has 298 valence electrons. The fraction of sp³-hybridized carbons (Fsp3) is 0.800. The number of Topliss-reactive ketones (excluding diaryl/α,β-unsaturated/α-hetero) is 1. The molecule has 0 radical (unpaired) electrons.